The fourth-order valence-corrected chi connectivity index (χ4v) is 3.14. The van der Waals surface area contributed by atoms with Crippen LogP contribution in [0.3, 0.4) is 0 Å². The number of ether oxygens (including phenoxy) is 1. The zero-order chi connectivity index (χ0) is 21.2. The Morgan fingerprint density at radius 2 is 2.03 bits per heavy atom. The summed E-state index contributed by atoms with van der Waals surface area (Å²) >= 11 is 0. The number of amides is 2. The number of hydrogen-bond donors (Lipinski definition) is 1. The number of carbonyl (C=O) groups excluding carboxylic acids is 1. The lowest BCUT2D eigenvalue weighted by Gasteiger charge is -2.24. The smallest absolute Gasteiger partial charge is 0.322 e. The molecule has 3 rings (SSSR count). The third-order valence-electron chi connectivity index (χ3n) is 4.61. The summed E-state index contributed by atoms with van der Waals surface area (Å²) in [7, 11) is 0. The number of imidazole rings is 1. The van der Waals surface area contributed by atoms with E-state index >= 15 is 0 Å². The van der Waals surface area contributed by atoms with Crippen molar-refractivity contribution in [2.75, 3.05) is 18.5 Å². The van der Waals surface area contributed by atoms with E-state index in [9.17, 15) is 10.1 Å². The lowest BCUT2D eigenvalue weighted by atomic mass is 10.1. The maximum absolute atomic E-state index is 13.1. The van der Waals surface area contributed by atoms with Crippen LogP contribution in [0.15, 0.2) is 67.3 Å². The van der Waals surface area contributed by atoms with E-state index in [0.29, 0.717) is 30.9 Å². The predicted molar refractivity (Wildman–Crippen MR) is 115 cm³/mol. The molecule has 0 aliphatic carbocycles. The quantitative estimate of drug-likeness (QED) is 0.578. The van der Waals surface area contributed by atoms with Crippen LogP contribution in [-0.2, 0) is 13.1 Å². The lowest BCUT2D eigenvalue weighted by molar-refractivity contribution is 0.206. The zero-order valence-corrected chi connectivity index (χ0v) is 17.0. The molecule has 0 spiro atoms. The Bertz CT molecular complexity index is 995. The highest BCUT2D eigenvalue weighted by Crippen LogP contribution is 2.21. The van der Waals surface area contributed by atoms with Crippen molar-refractivity contribution in [3.05, 3.63) is 78.4 Å². The third kappa shape index (κ3) is 5.61. The first-order chi connectivity index (χ1) is 14.7. The van der Waals surface area contributed by atoms with Gasteiger partial charge in [0.05, 0.1) is 30.7 Å². The molecule has 30 heavy (non-hydrogen) atoms. The van der Waals surface area contributed by atoms with Gasteiger partial charge in [-0.2, -0.15) is 5.26 Å². The number of nitrogens with one attached hydrogen (secondary N) is 1. The van der Waals surface area contributed by atoms with E-state index in [-0.39, 0.29) is 6.03 Å². The zero-order valence-electron chi connectivity index (χ0n) is 17.0. The fourth-order valence-electron chi connectivity index (χ4n) is 3.14. The molecule has 2 amide bonds. The minimum Gasteiger partial charge on any atom is -0.494 e. The van der Waals surface area contributed by atoms with Gasteiger partial charge in [-0.3, -0.25) is 0 Å². The third-order valence-corrected chi connectivity index (χ3v) is 4.61. The van der Waals surface area contributed by atoms with E-state index in [1.807, 2.05) is 42.0 Å². The minimum atomic E-state index is -0.255. The van der Waals surface area contributed by atoms with E-state index < -0.39 is 0 Å². The van der Waals surface area contributed by atoms with Gasteiger partial charge < -0.3 is 19.5 Å². The summed E-state index contributed by atoms with van der Waals surface area (Å²) in [5.74, 6) is 0.768. The highest BCUT2D eigenvalue weighted by Gasteiger charge is 2.17. The molecule has 0 saturated carbocycles. The van der Waals surface area contributed by atoms with Crippen molar-refractivity contribution < 1.29 is 9.53 Å². The number of rotatable bonds is 9. The van der Waals surface area contributed by atoms with E-state index in [1.165, 1.54) is 0 Å². The van der Waals surface area contributed by atoms with Crippen LogP contribution in [0.2, 0.25) is 0 Å². The Hall–Kier alpha value is -3.79. The second kappa shape index (κ2) is 10.7. The molecule has 154 valence electrons. The number of carbonyl (C=O) groups is 1. The van der Waals surface area contributed by atoms with Crippen molar-refractivity contribution in [2.24, 2.45) is 0 Å². The Labute approximate surface area is 176 Å². The van der Waals surface area contributed by atoms with E-state index in [1.54, 1.807) is 41.7 Å². The highest BCUT2D eigenvalue weighted by molar-refractivity contribution is 5.90. The average Bonchev–Trinajstić information content (AvgIpc) is 3.28. The average molecular weight is 403 g/mol. The summed E-state index contributed by atoms with van der Waals surface area (Å²) in [5.41, 5.74) is 1.87. The molecule has 7 heteroatoms. The van der Waals surface area contributed by atoms with Gasteiger partial charge >= 0.3 is 6.03 Å². The highest BCUT2D eigenvalue weighted by atomic mass is 16.5. The maximum Gasteiger partial charge on any atom is 0.322 e. The molecule has 1 N–H and O–H groups in total. The summed E-state index contributed by atoms with van der Waals surface area (Å²) in [6.45, 7) is 4.19. The summed E-state index contributed by atoms with van der Waals surface area (Å²) in [4.78, 5) is 18.9. The van der Waals surface area contributed by atoms with Crippen molar-refractivity contribution in [3.8, 4) is 11.8 Å². The number of aromatic nitrogens is 2. The maximum atomic E-state index is 13.1. The number of nitriles is 1. The van der Waals surface area contributed by atoms with Gasteiger partial charge in [0.2, 0.25) is 0 Å². The van der Waals surface area contributed by atoms with Crippen molar-refractivity contribution >= 4 is 11.7 Å². The van der Waals surface area contributed by atoms with E-state index in [0.717, 1.165) is 24.3 Å². The number of urea groups is 1. The van der Waals surface area contributed by atoms with Crippen LogP contribution in [0.1, 0.15) is 24.5 Å². The van der Waals surface area contributed by atoms with Gasteiger partial charge in [-0.05, 0) is 31.5 Å². The van der Waals surface area contributed by atoms with Crippen LogP contribution in [0.25, 0.3) is 0 Å². The SMILES string of the molecule is CCOc1ccccc1CN(CCCn1ccnc1)C(=O)Nc1ccccc1C#N. The topological polar surface area (TPSA) is 83.2 Å². The predicted octanol–water partition coefficient (Wildman–Crippen LogP) is 4.28. The summed E-state index contributed by atoms with van der Waals surface area (Å²) < 4.78 is 7.70. The molecule has 0 saturated heterocycles. The van der Waals surface area contributed by atoms with Crippen LogP contribution in [0.5, 0.6) is 5.75 Å². The molecule has 1 aromatic heterocycles. The number of nitrogens with zero attached hydrogens (tertiary/aromatic N) is 4. The second-order valence-electron chi connectivity index (χ2n) is 6.70. The number of benzene rings is 2. The molecule has 1 heterocycles. The number of hydrogen-bond acceptors (Lipinski definition) is 4. The Kier molecular flexibility index (Phi) is 7.45. The molecule has 0 atom stereocenters. The van der Waals surface area contributed by atoms with Gasteiger partial charge in [0, 0.05) is 31.0 Å². The second-order valence-corrected chi connectivity index (χ2v) is 6.70. The first-order valence-corrected chi connectivity index (χ1v) is 9.92. The van der Waals surface area contributed by atoms with Gasteiger partial charge in [-0.1, -0.05) is 30.3 Å². The van der Waals surface area contributed by atoms with Crippen molar-refractivity contribution in [1.29, 1.82) is 5.26 Å². The lowest BCUT2D eigenvalue weighted by Crippen LogP contribution is -2.36. The monoisotopic (exact) mass is 403 g/mol. The van der Waals surface area contributed by atoms with Gasteiger partial charge in [0.1, 0.15) is 11.8 Å². The van der Waals surface area contributed by atoms with Crippen LogP contribution < -0.4 is 10.1 Å². The summed E-state index contributed by atoms with van der Waals surface area (Å²) in [5, 5.41) is 12.2. The van der Waals surface area contributed by atoms with Crippen molar-refractivity contribution in [3.63, 3.8) is 0 Å². The molecule has 0 fully saturated rings. The Morgan fingerprint density at radius 3 is 2.80 bits per heavy atom. The molecular formula is C23H25N5O2. The normalized spacial score (nSPS) is 10.3. The van der Waals surface area contributed by atoms with Crippen LogP contribution >= 0.6 is 0 Å². The molecule has 0 radical (unpaired) electrons. The molecule has 2 aromatic carbocycles. The first-order valence-electron chi connectivity index (χ1n) is 9.92. The summed E-state index contributed by atoms with van der Waals surface area (Å²) in [6.07, 6.45) is 6.16. The molecule has 0 aliphatic rings. The van der Waals surface area contributed by atoms with Gasteiger partial charge in [0.15, 0.2) is 0 Å². The van der Waals surface area contributed by atoms with Crippen molar-refractivity contribution in [1.82, 2.24) is 14.5 Å². The van der Waals surface area contributed by atoms with Gasteiger partial charge in [-0.25, -0.2) is 9.78 Å². The van der Waals surface area contributed by atoms with Crippen LogP contribution in [0, 0.1) is 11.3 Å². The molecule has 0 bridgehead atoms. The molecule has 0 aliphatic heterocycles. The van der Waals surface area contributed by atoms with Gasteiger partial charge in [-0.15, -0.1) is 0 Å². The number of anilines is 1. The summed E-state index contributed by atoms with van der Waals surface area (Å²) in [6, 6.07) is 16.6. The molecule has 0 unspecified atom stereocenters. The number of aryl methyl sites for hydroxylation is 1. The van der Waals surface area contributed by atoms with E-state index in [2.05, 4.69) is 16.4 Å². The van der Waals surface area contributed by atoms with E-state index in [4.69, 9.17) is 4.74 Å². The van der Waals surface area contributed by atoms with Crippen LogP contribution in [0.4, 0.5) is 10.5 Å². The molecular weight excluding hydrogens is 378 g/mol. The molecule has 3 aromatic rings. The van der Waals surface area contributed by atoms with Crippen LogP contribution in [-0.4, -0.2) is 33.6 Å². The number of para-hydroxylation sites is 2. The van der Waals surface area contributed by atoms with Crippen molar-refractivity contribution in [2.45, 2.75) is 26.4 Å². The largest absolute Gasteiger partial charge is 0.494 e. The fraction of sp³-hybridized carbons (Fsp3) is 0.261. The van der Waals surface area contributed by atoms with Gasteiger partial charge in [0.25, 0.3) is 0 Å². The Morgan fingerprint density at radius 1 is 1.23 bits per heavy atom. The standard InChI is InChI=1S/C23H25N5O2/c1-2-30-22-11-6-4-9-20(22)17-28(14-7-13-27-15-12-25-18-27)23(29)26-21-10-5-3-8-19(21)16-24/h3-6,8-12,15,18H,2,7,13-14,17H2,1H3,(H,26,29). The molecule has 7 nitrogen and oxygen atoms in total. The Balaban J connectivity index is 1.76. The first kappa shape index (κ1) is 20.9. The minimum absolute atomic E-state index is 0.255.